The first-order valence-corrected chi connectivity index (χ1v) is 9.30. The topological polar surface area (TPSA) is 83.5 Å². The molecule has 0 bridgehead atoms. The number of hydrogen-bond acceptors (Lipinski definition) is 3. The molecule has 0 spiro atoms. The third kappa shape index (κ3) is 5.01. The molecule has 2 rings (SSSR count). The standard InChI is InChI=1S/C17H16BrNO4S/c1-11(16(20)19-15-8-6-14(18)7-9-15)24(23)10-12-2-4-13(5-3-12)17(21)22/h2-9,11H,10H2,1H3,(H,19,20)(H,21,22). The number of rotatable bonds is 6. The van der Waals surface area contributed by atoms with Gasteiger partial charge in [0.05, 0.1) is 5.56 Å². The van der Waals surface area contributed by atoms with Gasteiger partial charge in [-0.2, -0.15) is 0 Å². The van der Waals surface area contributed by atoms with Crippen LogP contribution in [0.5, 0.6) is 0 Å². The smallest absolute Gasteiger partial charge is 0.335 e. The molecule has 0 saturated carbocycles. The molecule has 24 heavy (non-hydrogen) atoms. The average Bonchev–Trinajstić information content (AvgIpc) is 2.56. The van der Waals surface area contributed by atoms with E-state index in [1.54, 1.807) is 43.3 Å². The Balaban J connectivity index is 1.96. The fraction of sp³-hybridized carbons (Fsp3) is 0.176. The maximum atomic E-state index is 12.3. The van der Waals surface area contributed by atoms with Gasteiger partial charge in [-0.05, 0) is 48.9 Å². The molecule has 7 heteroatoms. The van der Waals surface area contributed by atoms with E-state index in [-0.39, 0.29) is 17.2 Å². The Kier molecular flexibility index (Phi) is 6.28. The molecule has 1 amide bonds. The Morgan fingerprint density at radius 3 is 2.25 bits per heavy atom. The Morgan fingerprint density at radius 1 is 1.12 bits per heavy atom. The van der Waals surface area contributed by atoms with Crippen LogP contribution in [0.15, 0.2) is 53.0 Å². The van der Waals surface area contributed by atoms with Crippen molar-refractivity contribution in [2.45, 2.75) is 17.9 Å². The summed E-state index contributed by atoms with van der Waals surface area (Å²) in [6.45, 7) is 1.61. The van der Waals surface area contributed by atoms with E-state index in [0.717, 1.165) is 10.0 Å². The summed E-state index contributed by atoms with van der Waals surface area (Å²) in [5.74, 6) is -1.14. The largest absolute Gasteiger partial charge is 0.478 e. The number of hydrogen-bond donors (Lipinski definition) is 2. The van der Waals surface area contributed by atoms with Crippen LogP contribution in [0.4, 0.5) is 5.69 Å². The lowest BCUT2D eigenvalue weighted by Crippen LogP contribution is -2.29. The molecule has 0 heterocycles. The zero-order valence-corrected chi connectivity index (χ0v) is 15.3. The fourth-order valence-corrected chi connectivity index (χ4v) is 3.26. The van der Waals surface area contributed by atoms with Crippen LogP contribution in [0.1, 0.15) is 22.8 Å². The van der Waals surface area contributed by atoms with Gasteiger partial charge in [0, 0.05) is 26.7 Å². The van der Waals surface area contributed by atoms with Gasteiger partial charge in [-0.3, -0.25) is 9.00 Å². The van der Waals surface area contributed by atoms with E-state index in [4.69, 9.17) is 5.11 Å². The van der Waals surface area contributed by atoms with Crippen molar-refractivity contribution in [3.63, 3.8) is 0 Å². The Labute approximate surface area is 150 Å². The average molecular weight is 410 g/mol. The minimum absolute atomic E-state index is 0.172. The second-order valence-electron chi connectivity index (χ2n) is 5.17. The molecule has 2 aromatic rings. The van der Waals surface area contributed by atoms with Gasteiger partial charge in [0.25, 0.3) is 0 Å². The fourth-order valence-electron chi connectivity index (χ4n) is 1.93. The SMILES string of the molecule is CC(C(=O)Nc1ccc(Br)cc1)S(=O)Cc1ccc(C(=O)O)cc1. The minimum atomic E-state index is -1.41. The van der Waals surface area contributed by atoms with Crippen LogP contribution in [-0.4, -0.2) is 26.4 Å². The normalized spacial score (nSPS) is 13.1. The first kappa shape index (κ1) is 18.4. The van der Waals surface area contributed by atoms with Crippen molar-refractivity contribution in [3.8, 4) is 0 Å². The van der Waals surface area contributed by atoms with Gasteiger partial charge in [-0.25, -0.2) is 4.79 Å². The van der Waals surface area contributed by atoms with Crippen molar-refractivity contribution >= 4 is 44.3 Å². The van der Waals surface area contributed by atoms with Gasteiger partial charge in [-0.1, -0.05) is 28.1 Å². The summed E-state index contributed by atoms with van der Waals surface area (Å²) in [7, 11) is -1.41. The van der Waals surface area contributed by atoms with E-state index >= 15 is 0 Å². The predicted molar refractivity (Wildman–Crippen MR) is 97.5 cm³/mol. The molecule has 0 aliphatic heterocycles. The predicted octanol–water partition coefficient (Wildman–Crippen LogP) is 3.42. The summed E-state index contributed by atoms with van der Waals surface area (Å²) < 4.78 is 13.2. The molecule has 0 saturated heterocycles. The summed E-state index contributed by atoms with van der Waals surface area (Å²) in [4.78, 5) is 23.0. The summed E-state index contributed by atoms with van der Waals surface area (Å²) in [6.07, 6.45) is 0. The van der Waals surface area contributed by atoms with Gasteiger partial charge >= 0.3 is 5.97 Å². The van der Waals surface area contributed by atoms with E-state index < -0.39 is 22.0 Å². The molecular formula is C17H16BrNO4S. The lowest BCUT2D eigenvalue weighted by molar-refractivity contribution is -0.115. The van der Waals surface area contributed by atoms with Crippen molar-refractivity contribution in [1.82, 2.24) is 0 Å². The summed E-state index contributed by atoms with van der Waals surface area (Å²) in [5.41, 5.74) is 1.53. The van der Waals surface area contributed by atoms with Crippen LogP contribution in [-0.2, 0) is 21.3 Å². The van der Waals surface area contributed by atoms with Crippen LogP contribution >= 0.6 is 15.9 Å². The van der Waals surface area contributed by atoms with Crippen molar-refractivity contribution in [1.29, 1.82) is 0 Å². The van der Waals surface area contributed by atoms with Crippen molar-refractivity contribution in [3.05, 3.63) is 64.1 Å². The highest BCUT2D eigenvalue weighted by Crippen LogP contribution is 2.15. The molecule has 126 valence electrons. The molecular weight excluding hydrogens is 394 g/mol. The first-order chi connectivity index (χ1) is 11.4. The van der Waals surface area contributed by atoms with Crippen LogP contribution in [0.25, 0.3) is 0 Å². The van der Waals surface area contributed by atoms with Crippen LogP contribution in [0.3, 0.4) is 0 Å². The quantitative estimate of drug-likeness (QED) is 0.765. The number of anilines is 1. The van der Waals surface area contributed by atoms with Crippen LogP contribution < -0.4 is 5.32 Å². The monoisotopic (exact) mass is 409 g/mol. The number of carboxylic acids is 1. The number of carboxylic acid groups (broad SMARTS) is 1. The Bertz CT molecular complexity index is 759. The minimum Gasteiger partial charge on any atom is -0.478 e. The Hall–Kier alpha value is -1.99. The lowest BCUT2D eigenvalue weighted by Gasteiger charge is -2.12. The van der Waals surface area contributed by atoms with E-state index in [1.807, 2.05) is 0 Å². The molecule has 0 radical (unpaired) electrons. The number of benzene rings is 2. The summed E-state index contributed by atoms with van der Waals surface area (Å²) in [5, 5.41) is 10.9. The molecule has 0 aliphatic rings. The van der Waals surface area contributed by atoms with Gasteiger partial charge in [0.15, 0.2) is 0 Å². The molecule has 2 N–H and O–H groups in total. The van der Waals surface area contributed by atoms with Gasteiger partial charge in [0.1, 0.15) is 5.25 Å². The molecule has 2 unspecified atom stereocenters. The molecule has 0 fully saturated rings. The lowest BCUT2D eigenvalue weighted by atomic mass is 10.1. The number of halogens is 1. The first-order valence-electron chi connectivity index (χ1n) is 7.12. The van der Waals surface area contributed by atoms with Crippen molar-refractivity contribution in [2.75, 3.05) is 5.32 Å². The number of nitrogens with one attached hydrogen (secondary N) is 1. The molecule has 2 aromatic carbocycles. The number of carbonyl (C=O) groups is 2. The second-order valence-corrected chi connectivity index (χ2v) is 7.84. The van der Waals surface area contributed by atoms with Gasteiger partial charge in [0.2, 0.25) is 5.91 Å². The molecule has 2 atom stereocenters. The summed E-state index contributed by atoms with van der Waals surface area (Å²) >= 11 is 3.32. The van der Waals surface area contributed by atoms with Gasteiger partial charge in [-0.15, -0.1) is 0 Å². The van der Waals surface area contributed by atoms with Crippen molar-refractivity contribution in [2.24, 2.45) is 0 Å². The van der Waals surface area contributed by atoms with E-state index in [0.29, 0.717) is 5.69 Å². The zero-order valence-electron chi connectivity index (χ0n) is 12.9. The Morgan fingerprint density at radius 2 is 1.71 bits per heavy atom. The van der Waals surface area contributed by atoms with Crippen LogP contribution in [0, 0.1) is 0 Å². The maximum Gasteiger partial charge on any atom is 0.335 e. The molecule has 0 aromatic heterocycles. The molecule has 5 nitrogen and oxygen atoms in total. The zero-order chi connectivity index (χ0) is 17.7. The van der Waals surface area contributed by atoms with Crippen molar-refractivity contribution < 1.29 is 18.9 Å². The number of amides is 1. The maximum absolute atomic E-state index is 12.3. The number of aromatic carboxylic acids is 1. The van der Waals surface area contributed by atoms with E-state index in [9.17, 15) is 13.8 Å². The molecule has 0 aliphatic carbocycles. The van der Waals surface area contributed by atoms with E-state index in [2.05, 4.69) is 21.2 Å². The number of carbonyl (C=O) groups excluding carboxylic acids is 1. The summed E-state index contributed by atoms with van der Waals surface area (Å²) in [6, 6.07) is 13.3. The highest BCUT2D eigenvalue weighted by molar-refractivity contribution is 9.10. The highest BCUT2D eigenvalue weighted by atomic mass is 79.9. The van der Waals surface area contributed by atoms with Crippen LogP contribution in [0.2, 0.25) is 0 Å². The van der Waals surface area contributed by atoms with Gasteiger partial charge < -0.3 is 10.4 Å². The third-order valence-electron chi connectivity index (χ3n) is 3.39. The second kappa shape index (κ2) is 8.21. The highest BCUT2D eigenvalue weighted by Gasteiger charge is 2.20. The van der Waals surface area contributed by atoms with E-state index in [1.165, 1.54) is 12.1 Å². The third-order valence-corrected chi connectivity index (χ3v) is 5.53.